The molecule has 5 aromatic rings. The van der Waals surface area contributed by atoms with Crippen LogP contribution < -0.4 is 15.6 Å². The maximum atomic E-state index is 12.9. The lowest BCUT2D eigenvalue weighted by Crippen LogP contribution is -2.25. The van der Waals surface area contributed by atoms with Crippen molar-refractivity contribution in [3.8, 4) is 11.4 Å². The largest absolute Gasteiger partial charge is 0.497 e. The number of fused-ring (bicyclic) bond motifs is 1. The number of amides is 1. The Labute approximate surface area is 201 Å². The topological polar surface area (TPSA) is 91.0 Å². The van der Waals surface area contributed by atoms with Crippen LogP contribution in [0.25, 0.3) is 16.6 Å². The fourth-order valence-electron chi connectivity index (χ4n) is 4.06. The Kier molecular flexibility index (Phi) is 5.85. The lowest BCUT2D eigenvalue weighted by Gasteiger charge is -2.08. The Morgan fingerprint density at radius 1 is 1.03 bits per heavy atom. The number of nitrogens with one attached hydrogen (secondary N) is 1. The first-order valence-corrected chi connectivity index (χ1v) is 11.1. The molecule has 35 heavy (non-hydrogen) atoms. The number of pyridine rings is 2. The standard InChI is InChI=1S/C27H23N5O3/c1-31-17-23(27(34)32(31)20-6-4-3-5-7-20)26(33)30-25-11-8-18(16-29-25)14-19-12-13-28-24-15-21(35-2)9-10-22(19)24/h3-13,15-17H,14H2,1-2H3,(H,29,30,33). The lowest BCUT2D eigenvalue weighted by atomic mass is 10.0. The molecular formula is C27H23N5O3. The van der Waals surface area contributed by atoms with Crippen molar-refractivity contribution in [1.82, 2.24) is 19.3 Å². The third kappa shape index (κ3) is 4.41. The number of anilines is 1. The van der Waals surface area contributed by atoms with Gasteiger partial charge in [0.05, 0.1) is 18.3 Å². The van der Waals surface area contributed by atoms with E-state index in [0.717, 1.165) is 27.8 Å². The van der Waals surface area contributed by atoms with Gasteiger partial charge < -0.3 is 10.1 Å². The van der Waals surface area contributed by atoms with E-state index in [0.29, 0.717) is 17.9 Å². The zero-order valence-corrected chi connectivity index (χ0v) is 19.3. The van der Waals surface area contributed by atoms with E-state index in [1.165, 1.54) is 10.9 Å². The summed E-state index contributed by atoms with van der Waals surface area (Å²) in [5.74, 6) is 0.630. The number of aromatic nitrogens is 4. The van der Waals surface area contributed by atoms with Crippen LogP contribution in [0.3, 0.4) is 0 Å². The van der Waals surface area contributed by atoms with Crippen LogP contribution in [0.1, 0.15) is 21.5 Å². The van der Waals surface area contributed by atoms with Gasteiger partial charge in [0.1, 0.15) is 17.1 Å². The predicted octanol–water partition coefficient (Wildman–Crippen LogP) is 3.97. The predicted molar refractivity (Wildman–Crippen MR) is 134 cm³/mol. The molecule has 0 spiro atoms. The molecular weight excluding hydrogens is 442 g/mol. The molecule has 5 rings (SSSR count). The van der Waals surface area contributed by atoms with E-state index >= 15 is 0 Å². The first-order chi connectivity index (χ1) is 17.0. The van der Waals surface area contributed by atoms with Gasteiger partial charge in [-0.1, -0.05) is 24.3 Å². The summed E-state index contributed by atoms with van der Waals surface area (Å²) >= 11 is 0. The van der Waals surface area contributed by atoms with Crippen molar-refractivity contribution in [3.05, 3.63) is 112 Å². The van der Waals surface area contributed by atoms with Crippen LogP contribution >= 0.6 is 0 Å². The molecule has 3 heterocycles. The van der Waals surface area contributed by atoms with Crippen LogP contribution in [0, 0.1) is 0 Å². The van der Waals surface area contributed by atoms with Crippen LogP contribution in [0.15, 0.2) is 90.1 Å². The highest BCUT2D eigenvalue weighted by molar-refractivity contribution is 6.03. The molecule has 2 aromatic carbocycles. The van der Waals surface area contributed by atoms with Crippen LogP contribution in [-0.4, -0.2) is 32.3 Å². The molecule has 0 fully saturated rings. The van der Waals surface area contributed by atoms with Gasteiger partial charge in [0.2, 0.25) is 0 Å². The lowest BCUT2D eigenvalue weighted by molar-refractivity contribution is 0.102. The van der Waals surface area contributed by atoms with E-state index in [2.05, 4.69) is 15.3 Å². The molecule has 3 aromatic heterocycles. The average Bonchev–Trinajstić information content (AvgIpc) is 3.19. The van der Waals surface area contributed by atoms with E-state index in [-0.39, 0.29) is 5.56 Å². The van der Waals surface area contributed by atoms with Gasteiger partial charge in [-0.25, -0.2) is 9.67 Å². The molecule has 0 aliphatic carbocycles. The van der Waals surface area contributed by atoms with Crippen molar-refractivity contribution in [2.45, 2.75) is 6.42 Å². The SMILES string of the molecule is COc1ccc2c(Cc3ccc(NC(=O)c4cn(C)n(-c5ccccc5)c4=O)nc3)ccnc2c1. The van der Waals surface area contributed by atoms with Crippen molar-refractivity contribution in [3.63, 3.8) is 0 Å². The first kappa shape index (κ1) is 22.1. The average molecular weight is 466 g/mol. The second-order valence-corrected chi connectivity index (χ2v) is 8.10. The van der Waals surface area contributed by atoms with Gasteiger partial charge in [0.25, 0.3) is 11.5 Å². The number of ether oxygens (including phenoxy) is 1. The van der Waals surface area contributed by atoms with Crippen LogP contribution in [0.5, 0.6) is 5.75 Å². The monoisotopic (exact) mass is 465 g/mol. The van der Waals surface area contributed by atoms with E-state index in [4.69, 9.17) is 4.74 Å². The fourth-order valence-corrected chi connectivity index (χ4v) is 4.06. The number of carbonyl (C=O) groups is 1. The van der Waals surface area contributed by atoms with Crippen LogP contribution in [0.4, 0.5) is 5.82 Å². The van der Waals surface area contributed by atoms with E-state index in [9.17, 15) is 9.59 Å². The van der Waals surface area contributed by atoms with Crippen molar-refractivity contribution < 1.29 is 9.53 Å². The maximum Gasteiger partial charge on any atom is 0.284 e. The molecule has 8 nitrogen and oxygen atoms in total. The summed E-state index contributed by atoms with van der Waals surface area (Å²) in [7, 11) is 3.35. The number of aryl methyl sites for hydroxylation is 1. The van der Waals surface area contributed by atoms with Crippen LogP contribution in [-0.2, 0) is 13.5 Å². The summed E-state index contributed by atoms with van der Waals surface area (Å²) < 4.78 is 8.33. The van der Waals surface area contributed by atoms with Gasteiger partial charge in [-0.2, -0.15) is 0 Å². The van der Waals surface area contributed by atoms with Crippen molar-refractivity contribution in [1.29, 1.82) is 0 Å². The maximum absolute atomic E-state index is 12.9. The van der Waals surface area contributed by atoms with Crippen molar-refractivity contribution in [2.24, 2.45) is 7.05 Å². The minimum Gasteiger partial charge on any atom is -0.497 e. The first-order valence-electron chi connectivity index (χ1n) is 11.1. The molecule has 0 saturated carbocycles. The number of benzene rings is 2. The highest BCUT2D eigenvalue weighted by atomic mass is 16.5. The second-order valence-electron chi connectivity index (χ2n) is 8.10. The van der Waals surface area contributed by atoms with Gasteiger partial charge >= 0.3 is 0 Å². The van der Waals surface area contributed by atoms with Gasteiger partial charge in [0.15, 0.2) is 0 Å². The molecule has 0 unspecified atom stereocenters. The van der Waals surface area contributed by atoms with E-state index in [1.54, 1.807) is 37.3 Å². The molecule has 0 aliphatic heterocycles. The summed E-state index contributed by atoms with van der Waals surface area (Å²) in [5.41, 5.74) is 3.29. The number of carbonyl (C=O) groups excluding carboxylic acids is 1. The third-order valence-electron chi connectivity index (χ3n) is 5.80. The molecule has 0 saturated heterocycles. The molecule has 1 amide bonds. The zero-order valence-electron chi connectivity index (χ0n) is 19.3. The summed E-state index contributed by atoms with van der Waals surface area (Å²) in [5, 5.41) is 3.77. The van der Waals surface area contributed by atoms with Gasteiger partial charge in [-0.15, -0.1) is 0 Å². The van der Waals surface area contributed by atoms with Crippen molar-refractivity contribution >= 4 is 22.6 Å². The Morgan fingerprint density at radius 2 is 1.86 bits per heavy atom. The summed E-state index contributed by atoms with van der Waals surface area (Å²) in [6.07, 6.45) is 5.68. The smallest absolute Gasteiger partial charge is 0.284 e. The van der Waals surface area contributed by atoms with Crippen LogP contribution in [0.2, 0.25) is 0 Å². The second kappa shape index (κ2) is 9.26. The normalized spacial score (nSPS) is 10.9. The summed E-state index contributed by atoms with van der Waals surface area (Å²) in [6, 6.07) is 20.6. The Morgan fingerprint density at radius 3 is 2.60 bits per heavy atom. The number of nitrogens with zero attached hydrogens (tertiary/aromatic N) is 4. The number of hydrogen-bond donors (Lipinski definition) is 1. The highest BCUT2D eigenvalue weighted by Gasteiger charge is 2.18. The van der Waals surface area contributed by atoms with Crippen molar-refractivity contribution in [2.75, 3.05) is 12.4 Å². The van der Waals surface area contributed by atoms with E-state index in [1.807, 2.05) is 60.7 Å². The number of hydrogen-bond acceptors (Lipinski definition) is 5. The number of para-hydroxylation sites is 1. The molecule has 174 valence electrons. The summed E-state index contributed by atoms with van der Waals surface area (Å²) in [4.78, 5) is 34.5. The Bertz CT molecular complexity index is 1570. The molecule has 0 bridgehead atoms. The fraction of sp³-hybridized carbons (Fsp3) is 0.111. The quantitative estimate of drug-likeness (QED) is 0.410. The molecule has 0 aliphatic rings. The number of methoxy groups -OCH3 is 1. The van der Waals surface area contributed by atoms with Gasteiger partial charge in [0, 0.05) is 37.1 Å². The third-order valence-corrected chi connectivity index (χ3v) is 5.80. The molecule has 0 radical (unpaired) electrons. The van der Waals surface area contributed by atoms with Gasteiger partial charge in [-0.3, -0.25) is 19.3 Å². The van der Waals surface area contributed by atoms with E-state index < -0.39 is 11.5 Å². The van der Waals surface area contributed by atoms with Gasteiger partial charge in [-0.05, 0) is 53.9 Å². The number of rotatable bonds is 6. The molecule has 0 atom stereocenters. The molecule has 1 N–H and O–H groups in total. The molecule has 8 heteroatoms. The highest BCUT2D eigenvalue weighted by Crippen LogP contribution is 2.24. The Hall–Kier alpha value is -4.72. The minimum atomic E-state index is -0.505. The minimum absolute atomic E-state index is 0.0425. The zero-order chi connectivity index (χ0) is 24.4. The Balaban J connectivity index is 1.33. The summed E-state index contributed by atoms with van der Waals surface area (Å²) in [6.45, 7) is 0.